The van der Waals surface area contributed by atoms with E-state index in [1.807, 2.05) is 66.9 Å². The molecule has 2 aromatic heterocycles. The van der Waals surface area contributed by atoms with Crippen LogP contribution in [0.15, 0.2) is 64.3 Å². The molecule has 0 saturated heterocycles. The van der Waals surface area contributed by atoms with Gasteiger partial charge in [0, 0.05) is 22.3 Å². The molecule has 0 saturated carbocycles. The second kappa shape index (κ2) is 9.17. The molecular formula is C20H17N5OS3. The number of rotatable bonds is 7. The zero-order chi connectivity index (χ0) is 20.1. The maximum absolute atomic E-state index is 12.3. The smallest absolute Gasteiger partial charge is 0.234 e. The molecule has 0 aliphatic carbocycles. The van der Waals surface area contributed by atoms with Crippen LogP contribution in [0.4, 0.5) is 16.5 Å². The van der Waals surface area contributed by atoms with E-state index in [-0.39, 0.29) is 11.7 Å². The lowest BCUT2D eigenvalue weighted by molar-refractivity contribution is -0.113. The van der Waals surface area contributed by atoms with Crippen molar-refractivity contribution in [2.24, 2.45) is 0 Å². The molecule has 4 aromatic rings. The fourth-order valence-electron chi connectivity index (χ4n) is 2.54. The van der Waals surface area contributed by atoms with Crippen molar-refractivity contribution in [2.45, 2.75) is 11.3 Å². The second-order valence-corrected chi connectivity index (χ2v) is 9.30. The third kappa shape index (κ3) is 5.41. The molecule has 0 aliphatic rings. The lowest BCUT2D eigenvalue weighted by atomic mass is 10.1. The normalized spacial score (nSPS) is 10.7. The van der Waals surface area contributed by atoms with Crippen molar-refractivity contribution in [1.82, 2.24) is 15.2 Å². The van der Waals surface area contributed by atoms with Crippen LogP contribution in [-0.2, 0) is 4.79 Å². The van der Waals surface area contributed by atoms with Crippen LogP contribution < -0.4 is 10.6 Å². The standard InChI is InChI=1S/C20H17N5OS3/c1-13-21-17(11-27-13)14-6-5-9-16(10-14)22-18(26)12-28-20-25-24-19(29-20)23-15-7-3-2-4-8-15/h2-11H,12H2,1H3,(H,22,26)(H,23,24). The molecule has 9 heteroatoms. The van der Waals surface area contributed by atoms with Gasteiger partial charge < -0.3 is 10.6 Å². The maximum atomic E-state index is 12.3. The molecule has 4 rings (SSSR count). The van der Waals surface area contributed by atoms with Crippen molar-refractivity contribution < 1.29 is 4.79 Å². The number of carbonyl (C=O) groups is 1. The highest BCUT2D eigenvalue weighted by atomic mass is 32.2. The van der Waals surface area contributed by atoms with Crippen LogP contribution in [0.3, 0.4) is 0 Å². The minimum atomic E-state index is -0.0885. The van der Waals surface area contributed by atoms with E-state index < -0.39 is 0 Å². The van der Waals surface area contributed by atoms with Gasteiger partial charge in [-0.05, 0) is 31.2 Å². The summed E-state index contributed by atoms with van der Waals surface area (Å²) < 4.78 is 0.741. The number of nitrogens with one attached hydrogen (secondary N) is 2. The van der Waals surface area contributed by atoms with Gasteiger partial charge in [0.25, 0.3) is 0 Å². The summed E-state index contributed by atoms with van der Waals surface area (Å²) >= 11 is 4.39. The molecule has 2 aromatic carbocycles. The van der Waals surface area contributed by atoms with E-state index in [9.17, 15) is 4.79 Å². The summed E-state index contributed by atoms with van der Waals surface area (Å²) in [6.07, 6.45) is 0. The number of hydrogen-bond donors (Lipinski definition) is 2. The number of nitrogens with zero attached hydrogens (tertiary/aromatic N) is 3. The van der Waals surface area contributed by atoms with E-state index in [0.29, 0.717) is 5.13 Å². The highest BCUT2D eigenvalue weighted by Gasteiger charge is 2.10. The Morgan fingerprint density at radius 3 is 2.69 bits per heavy atom. The number of amides is 1. The van der Waals surface area contributed by atoms with Gasteiger partial charge in [-0.3, -0.25) is 4.79 Å². The second-order valence-electron chi connectivity index (χ2n) is 6.03. The molecule has 0 atom stereocenters. The van der Waals surface area contributed by atoms with Crippen molar-refractivity contribution in [2.75, 3.05) is 16.4 Å². The zero-order valence-electron chi connectivity index (χ0n) is 15.5. The predicted octanol–water partition coefficient (Wildman–Crippen LogP) is 5.44. The molecule has 29 heavy (non-hydrogen) atoms. The lowest BCUT2D eigenvalue weighted by Gasteiger charge is -2.06. The van der Waals surface area contributed by atoms with E-state index in [1.165, 1.54) is 23.1 Å². The fourth-order valence-corrected chi connectivity index (χ4v) is 4.73. The van der Waals surface area contributed by atoms with E-state index in [2.05, 4.69) is 25.8 Å². The summed E-state index contributed by atoms with van der Waals surface area (Å²) in [5.74, 6) is 0.175. The van der Waals surface area contributed by atoms with E-state index in [4.69, 9.17) is 0 Å². The Morgan fingerprint density at radius 2 is 1.90 bits per heavy atom. The number of para-hydroxylation sites is 1. The van der Waals surface area contributed by atoms with Gasteiger partial charge >= 0.3 is 0 Å². The number of carbonyl (C=O) groups excluding carboxylic acids is 1. The van der Waals surface area contributed by atoms with Gasteiger partial charge in [-0.1, -0.05) is 53.4 Å². The Balaban J connectivity index is 1.31. The highest BCUT2D eigenvalue weighted by molar-refractivity contribution is 8.01. The minimum absolute atomic E-state index is 0.0885. The summed E-state index contributed by atoms with van der Waals surface area (Å²) in [5, 5.41) is 18.1. The summed E-state index contributed by atoms with van der Waals surface area (Å²) in [4.78, 5) is 16.8. The molecule has 0 spiro atoms. The molecule has 2 heterocycles. The first-order valence-corrected chi connectivity index (χ1v) is 11.4. The SMILES string of the molecule is Cc1nc(-c2cccc(NC(=O)CSc3nnc(Nc4ccccc4)s3)c2)cs1. The van der Waals surface area contributed by atoms with Crippen LogP contribution >= 0.6 is 34.4 Å². The van der Waals surface area contributed by atoms with Gasteiger partial charge in [-0.2, -0.15) is 0 Å². The molecule has 2 N–H and O–H groups in total. The minimum Gasteiger partial charge on any atom is -0.330 e. The van der Waals surface area contributed by atoms with Crippen molar-refractivity contribution in [1.29, 1.82) is 0 Å². The Bertz CT molecular complexity index is 1110. The predicted molar refractivity (Wildman–Crippen MR) is 121 cm³/mol. The number of aromatic nitrogens is 3. The maximum Gasteiger partial charge on any atom is 0.234 e. The molecule has 0 unspecified atom stereocenters. The largest absolute Gasteiger partial charge is 0.330 e. The van der Waals surface area contributed by atoms with Crippen molar-refractivity contribution >= 4 is 56.8 Å². The highest BCUT2D eigenvalue weighted by Crippen LogP contribution is 2.28. The van der Waals surface area contributed by atoms with E-state index >= 15 is 0 Å². The Morgan fingerprint density at radius 1 is 1.07 bits per heavy atom. The summed E-state index contributed by atoms with van der Waals surface area (Å²) in [7, 11) is 0. The Labute approximate surface area is 180 Å². The number of thioether (sulfide) groups is 1. The van der Waals surface area contributed by atoms with Crippen LogP contribution in [0, 0.1) is 6.92 Å². The van der Waals surface area contributed by atoms with Gasteiger partial charge in [-0.15, -0.1) is 21.5 Å². The van der Waals surface area contributed by atoms with E-state index in [0.717, 1.165) is 32.0 Å². The number of benzene rings is 2. The molecule has 146 valence electrons. The Hall–Kier alpha value is -2.75. The summed E-state index contributed by atoms with van der Waals surface area (Å²) in [5.41, 5.74) is 3.61. The van der Waals surface area contributed by atoms with Gasteiger partial charge in [0.15, 0.2) is 4.34 Å². The third-order valence-electron chi connectivity index (χ3n) is 3.82. The number of anilines is 3. The topological polar surface area (TPSA) is 79.8 Å². The first-order chi connectivity index (χ1) is 14.2. The van der Waals surface area contributed by atoms with Gasteiger partial charge in [-0.25, -0.2) is 4.98 Å². The first kappa shape index (κ1) is 19.6. The third-order valence-corrected chi connectivity index (χ3v) is 6.56. The van der Waals surface area contributed by atoms with Gasteiger partial charge in [0.2, 0.25) is 11.0 Å². The van der Waals surface area contributed by atoms with Gasteiger partial charge in [0.1, 0.15) is 0 Å². The number of hydrogen-bond acceptors (Lipinski definition) is 8. The molecular weight excluding hydrogens is 422 g/mol. The average molecular weight is 440 g/mol. The van der Waals surface area contributed by atoms with Crippen molar-refractivity contribution in [3.63, 3.8) is 0 Å². The van der Waals surface area contributed by atoms with Crippen LogP contribution in [0.1, 0.15) is 5.01 Å². The van der Waals surface area contributed by atoms with Crippen LogP contribution in [0.25, 0.3) is 11.3 Å². The van der Waals surface area contributed by atoms with Crippen LogP contribution in [-0.4, -0.2) is 26.8 Å². The summed E-state index contributed by atoms with van der Waals surface area (Å²) in [6.45, 7) is 1.98. The quantitative estimate of drug-likeness (QED) is 0.373. The molecule has 0 fully saturated rings. The van der Waals surface area contributed by atoms with Crippen LogP contribution in [0.2, 0.25) is 0 Å². The average Bonchev–Trinajstić information content (AvgIpc) is 3.36. The van der Waals surface area contributed by atoms with Crippen molar-refractivity contribution in [3.05, 3.63) is 65.0 Å². The van der Waals surface area contributed by atoms with E-state index in [1.54, 1.807) is 11.3 Å². The Kier molecular flexibility index (Phi) is 6.18. The molecule has 0 bridgehead atoms. The van der Waals surface area contributed by atoms with Gasteiger partial charge in [0.05, 0.1) is 16.5 Å². The first-order valence-electron chi connectivity index (χ1n) is 8.76. The number of aryl methyl sites for hydroxylation is 1. The summed E-state index contributed by atoms with van der Waals surface area (Å²) in [6, 6.07) is 17.5. The number of thiazole rings is 1. The van der Waals surface area contributed by atoms with Crippen molar-refractivity contribution in [3.8, 4) is 11.3 Å². The molecule has 0 radical (unpaired) electrons. The lowest BCUT2D eigenvalue weighted by Crippen LogP contribution is -2.13. The molecule has 0 aliphatic heterocycles. The molecule has 6 nitrogen and oxygen atoms in total. The zero-order valence-corrected chi connectivity index (χ0v) is 17.9. The molecule has 1 amide bonds. The monoisotopic (exact) mass is 439 g/mol. The fraction of sp³-hybridized carbons (Fsp3) is 0.100. The van der Waals surface area contributed by atoms with Crippen LogP contribution in [0.5, 0.6) is 0 Å².